The Balaban J connectivity index is 1.49. The third kappa shape index (κ3) is 6.31. The Kier molecular flexibility index (Phi) is 8.28. The molecule has 0 radical (unpaired) electrons. The molecule has 1 heterocycles. The van der Waals surface area contributed by atoms with Gasteiger partial charge in [0, 0.05) is 24.7 Å². The Labute approximate surface area is 194 Å². The number of nitrogens with zero attached hydrogens (tertiary/aromatic N) is 1. The van der Waals surface area contributed by atoms with E-state index in [9.17, 15) is 18.0 Å². The molecule has 172 valence electrons. The van der Waals surface area contributed by atoms with Gasteiger partial charge in [0.05, 0.1) is 10.8 Å². The number of hydrogen-bond donors (Lipinski definition) is 2. The maximum atomic E-state index is 12.9. The Morgan fingerprint density at radius 1 is 1.12 bits per heavy atom. The molecule has 1 aliphatic heterocycles. The fourth-order valence-electron chi connectivity index (χ4n) is 3.65. The summed E-state index contributed by atoms with van der Waals surface area (Å²) in [6, 6.07) is 14.9. The Hall–Kier alpha value is -2.42. The highest BCUT2D eigenvalue weighted by atomic mass is 35.5. The number of hydrogen-bond acceptors (Lipinski definition) is 4. The highest BCUT2D eigenvalue weighted by molar-refractivity contribution is 7.89. The van der Waals surface area contributed by atoms with Crippen LogP contribution in [0.1, 0.15) is 25.3 Å². The predicted octanol–water partition coefficient (Wildman–Crippen LogP) is 2.60. The molecule has 0 unspecified atom stereocenters. The van der Waals surface area contributed by atoms with Gasteiger partial charge in [0.25, 0.3) is 0 Å². The standard InChI is InChI=1S/C23H28ClN3O4S/c1-17(22(28)25-14-13-18-9-11-20(24)12-10-18)26-23(29)19-6-5-15-27(16-19)32(30,31)21-7-3-2-4-8-21/h2-4,7-12,17,19H,5-6,13-16H2,1H3,(H,25,28)(H,26,29)/t17-,19+/m0/s1. The van der Waals surface area contributed by atoms with Gasteiger partial charge in [-0.1, -0.05) is 41.9 Å². The summed E-state index contributed by atoms with van der Waals surface area (Å²) >= 11 is 5.87. The van der Waals surface area contributed by atoms with E-state index in [4.69, 9.17) is 11.6 Å². The first kappa shape index (κ1) is 24.2. The Morgan fingerprint density at radius 3 is 2.50 bits per heavy atom. The normalized spacial score (nSPS) is 18.0. The van der Waals surface area contributed by atoms with Gasteiger partial charge in [0.15, 0.2) is 0 Å². The van der Waals surface area contributed by atoms with E-state index in [-0.39, 0.29) is 23.3 Å². The zero-order chi connectivity index (χ0) is 23.1. The average molecular weight is 478 g/mol. The van der Waals surface area contributed by atoms with Gasteiger partial charge in [-0.2, -0.15) is 4.31 Å². The lowest BCUT2D eigenvalue weighted by atomic mass is 9.98. The monoisotopic (exact) mass is 477 g/mol. The van der Waals surface area contributed by atoms with Crippen molar-refractivity contribution in [2.24, 2.45) is 5.92 Å². The van der Waals surface area contributed by atoms with E-state index in [2.05, 4.69) is 10.6 Å². The third-order valence-electron chi connectivity index (χ3n) is 5.51. The van der Waals surface area contributed by atoms with E-state index < -0.39 is 22.0 Å². The number of carbonyl (C=O) groups excluding carboxylic acids is 2. The number of halogens is 1. The molecule has 2 N–H and O–H groups in total. The smallest absolute Gasteiger partial charge is 0.243 e. The van der Waals surface area contributed by atoms with Gasteiger partial charge in [-0.25, -0.2) is 8.42 Å². The van der Waals surface area contributed by atoms with Crippen molar-refractivity contribution in [3.63, 3.8) is 0 Å². The van der Waals surface area contributed by atoms with Crippen molar-refractivity contribution in [3.05, 3.63) is 65.2 Å². The summed E-state index contributed by atoms with van der Waals surface area (Å²) in [7, 11) is -3.65. The molecule has 32 heavy (non-hydrogen) atoms. The first-order valence-corrected chi connectivity index (χ1v) is 12.5. The quantitative estimate of drug-likeness (QED) is 0.611. The topological polar surface area (TPSA) is 95.6 Å². The summed E-state index contributed by atoms with van der Waals surface area (Å²) in [5, 5.41) is 6.20. The highest BCUT2D eigenvalue weighted by Gasteiger charge is 2.34. The first-order chi connectivity index (χ1) is 15.3. The molecule has 0 aromatic heterocycles. The van der Waals surface area contributed by atoms with Crippen molar-refractivity contribution < 1.29 is 18.0 Å². The van der Waals surface area contributed by atoms with Crippen LogP contribution in [0.5, 0.6) is 0 Å². The zero-order valence-electron chi connectivity index (χ0n) is 18.0. The van der Waals surface area contributed by atoms with E-state index in [1.165, 1.54) is 4.31 Å². The lowest BCUT2D eigenvalue weighted by Gasteiger charge is -2.31. The van der Waals surface area contributed by atoms with Gasteiger partial charge >= 0.3 is 0 Å². The SMILES string of the molecule is C[C@H](NC(=O)[C@@H]1CCCN(S(=O)(=O)c2ccccc2)C1)C(=O)NCCc1ccc(Cl)cc1. The number of rotatable bonds is 8. The summed E-state index contributed by atoms with van der Waals surface area (Å²) in [5.74, 6) is -1.08. The number of nitrogens with one attached hydrogen (secondary N) is 2. The molecule has 0 spiro atoms. The minimum Gasteiger partial charge on any atom is -0.354 e. The van der Waals surface area contributed by atoms with Gasteiger partial charge in [-0.05, 0) is 56.0 Å². The molecule has 0 bridgehead atoms. The van der Waals surface area contributed by atoms with E-state index in [1.54, 1.807) is 49.4 Å². The molecule has 7 nitrogen and oxygen atoms in total. The molecule has 1 saturated heterocycles. The Bertz CT molecular complexity index is 1030. The second-order valence-corrected chi connectivity index (χ2v) is 10.3. The number of piperidine rings is 1. The summed E-state index contributed by atoms with van der Waals surface area (Å²) in [4.78, 5) is 25.3. The fourth-order valence-corrected chi connectivity index (χ4v) is 5.32. The van der Waals surface area contributed by atoms with Gasteiger partial charge < -0.3 is 10.6 Å². The van der Waals surface area contributed by atoms with Crippen molar-refractivity contribution in [2.45, 2.75) is 37.1 Å². The molecule has 1 aliphatic rings. The van der Waals surface area contributed by atoms with Crippen LogP contribution in [0.15, 0.2) is 59.5 Å². The molecule has 0 aliphatic carbocycles. The van der Waals surface area contributed by atoms with Crippen molar-refractivity contribution in [2.75, 3.05) is 19.6 Å². The largest absolute Gasteiger partial charge is 0.354 e. The molecule has 1 fully saturated rings. The fraction of sp³-hybridized carbons (Fsp3) is 0.391. The maximum Gasteiger partial charge on any atom is 0.243 e. The molecule has 2 aromatic rings. The van der Waals surface area contributed by atoms with E-state index in [0.29, 0.717) is 37.4 Å². The number of carbonyl (C=O) groups is 2. The van der Waals surface area contributed by atoms with Crippen molar-refractivity contribution in [3.8, 4) is 0 Å². The van der Waals surface area contributed by atoms with Gasteiger partial charge in [0.1, 0.15) is 6.04 Å². The van der Waals surface area contributed by atoms with Gasteiger partial charge in [0.2, 0.25) is 21.8 Å². The van der Waals surface area contributed by atoms with Crippen LogP contribution in [0.3, 0.4) is 0 Å². The van der Waals surface area contributed by atoms with Crippen LogP contribution in [-0.4, -0.2) is 50.2 Å². The van der Waals surface area contributed by atoms with Crippen LogP contribution >= 0.6 is 11.6 Å². The second kappa shape index (κ2) is 10.9. The van der Waals surface area contributed by atoms with E-state index >= 15 is 0 Å². The number of benzene rings is 2. The molecule has 2 amide bonds. The summed E-state index contributed by atoms with van der Waals surface area (Å²) in [6.07, 6.45) is 1.82. The van der Waals surface area contributed by atoms with Crippen molar-refractivity contribution in [1.29, 1.82) is 0 Å². The molecular weight excluding hydrogens is 450 g/mol. The van der Waals surface area contributed by atoms with Crippen LogP contribution in [-0.2, 0) is 26.0 Å². The summed E-state index contributed by atoms with van der Waals surface area (Å²) < 4.78 is 27.1. The van der Waals surface area contributed by atoms with Crippen LogP contribution in [0.25, 0.3) is 0 Å². The molecular formula is C23H28ClN3O4S. The lowest BCUT2D eigenvalue weighted by Crippen LogP contribution is -2.50. The first-order valence-electron chi connectivity index (χ1n) is 10.6. The average Bonchev–Trinajstić information content (AvgIpc) is 2.81. The van der Waals surface area contributed by atoms with Crippen LogP contribution in [0.4, 0.5) is 0 Å². The molecule has 2 atom stereocenters. The van der Waals surface area contributed by atoms with Crippen molar-refractivity contribution >= 4 is 33.4 Å². The second-order valence-electron chi connectivity index (χ2n) is 7.91. The minimum absolute atomic E-state index is 0.105. The third-order valence-corrected chi connectivity index (χ3v) is 7.65. The van der Waals surface area contributed by atoms with E-state index in [0.717, 1.165) is 5.56 Å². The molecule has 0 saturated carbocycles. The van der Waals surface area contributed by atoms with E-state index in [1.807, 2.05) is 12.1 Å². The molecule has 9 heteroatoms. The van der Waals surface area contributed by atoms with Crippen molar-refractivity contribution in [1.82, 2.24) is 14.9 Å². The number of sulfonamides is 1. The highest BCUT2D eigenvalue weighted by Crippen LogP contribution is 2.24. The summed E-state index contributed by atoms with van der Waals surface area (Å²) in [6.45, 7) is 2.54. The molecule has 2 aromatic carbocycles. The van der Waals surface area contributed by atoms with Crippen LogP contribution in [0.2, 0.25) is 5.02 Å². The Morgan fingerprint density at radius 2 is 1.81 bits per heavy atom. The number of amides is 2. The van der Waals surface area contributed by atoms with Gasteiger partial charge in [-0.15, -0.1) is 0 Å². The lowest BCUT2D eigenvalue weighted by molar-refractivity contribution is -0.131. The molecule has 3 rings (SSSR count). The minimum atomic E-state index is -3.65. The predicted molar refractivity (Wildman–Crippen MR) is 124 cm³/mol. The zero-order valence-corrected chi connectivity index (χ0v) is 19.5. The van der Waals surface area contributed by atoms with Gasteiger partial charge in [-0.3, -0.25) is 9.59 Å². The maximum absolute atomic E-state index is 12.9. The summed E-state index contributed by atoms with van der Waals surface area (Å²) in [5.41, 5.74) is 1.05. The van der Waals surface area contributed by atoms with Crippen LogP contribution < -0.4 is 10.6 Å². The van der Waals surface area contributed by atoms with Crippen LogP contribution in [0, 0.1) is 5.92 Å².